The molecule has 2 atom stereocenters. The van der Waals surface area contributed by atoms with Gasteiger partial charge in [0.25, 0.3) is 0 Å². The smallest absolute Gasteiger partial charge is 0.0679 e. The van der Waals surface area contributed by atoms with Gasteiger partial charge in [0, 0.05) is 11.1 Å². The Morgan fingerprint density at radius 2 is 0.886 bits per heavy atom. The van der Waals surface area contributed by atoms with Crippen LogP contribution in [0.3, 0.4) is 0 Å². The molecule has 2 aromatic carbocycles. The van der Waals surface area contributed by atoms with Crippen LogP contribution in [-0.4, -0.2) is 8.07 Å². The molecular formula is C34H48Si. The summed E-state index contributed by atoms with van der Waals surface area (Å²) in [6.07, 6.45) is 5.12. The molecule has 2 aromatic rings. The number of hydrogen-bond donors (Lipinski definition) is 0. The molecule has 0 spiro atoms. The van der Waals surface area contributed by atoms with E-state index < -0.39 is 8.07 Å². The summed E-state index contributed by atoms with van der Waals surface area (Å²) in [6, 6.07) is 9.91. The lowest BCUT2D eigenvalue weighted by atomic mass is 9.85. The molecule has 0 amide bonds. The lowest BCUT2D eigenvalue weighted by Gasteiger charge is -2.39. The summed E-state index contributed by atoms with van der Waals surface area (Å²) >= 11 is 0. The monoisotopic (exact) mass is 484 g/mol. The number of hydrogen-bond acceptors (Lipinski definition) is 0. The molecule has 0 heterocycles. The second kappa shape index (κ2) is 9.22. The molecule has 0 fully saturated rings. The number of rotatable bonds is 6. The third kappa shape index (κ3) is 4.12. The zero-order valence-corrected chi connectivity index (χ0v) is 25.4. The van der Waals surface area contributed by atoms with Gasteiger partial charge >= 0.3 is 0 Å². The summed E-state index contributed by atoms with van der Waals surface area (Å²) < 4.78 is 0. The van der Waals surface area contributed by atoms with E-state index in [0.29, 0.717) is 34.8 Å². The van der Waals surface area contributed by atoms with Crippen molar-refractivity contribution in [3.05, 3.63) is 79.9 Å². The van der Waals surface area contributed by atoms with E-state index in [4.69, 9.17) is 0 Å². The van der Waals surface area contributed by atoms with E-state index in [2.05, 4.69) is 119 Å². The summed E-state index contributed by atoms with van der Waals surface area (Å²) in [5, 5.41) is 0. The van der Waals surface area contributed by atoms with E-state index in [0.717, 1.165) is 0 Å². The Morgan fingerprint density at radius 3 is 1.17 bits per heavy atom. The van der Waals surface area contributed by atoms with Crippen molar-refractivity contribution in [2.24, 2.45) is 0 Å². The minimum atomic E-state index is -1.81. The topological polar surface area (TPSA) is 0 Å². The summed E-state index contributed by atoms with van der Waals surface area (Å²) in [6.45, 7) is 29.0. The van der Waals surface area contributed by atoms with Gasteiger partial charge < -0.3 is 0 Å². The lowest BCUT2D eigenvalue weighted by Crippen LogP contribution is -2.42. The predicted molar refractivity (Wildman–Crippen MR) is 160 cm³/mol. The first-order valence-corrected chi connectivity index (χ1v) is 17.1. The van der Waals surface area contributed by atoms with Crippen molar-refractivity contribution >= 4 is 20.2 Å². The van der Waals surface area contributed by atoms with E-state index in [-0.39, 0.29) is 0 Å². The molecular weight excluding hydrogens is 436 g/mol. The molecule has 0 bridgehead atoms. The SMILES string of the molecule is CC1=Cc2c(ccc(C(C)C)c2C(C)C)C1[Si](C)(C)C1C(C)=Cc2c1ccc(C(C)C)c2C(C)C. The Labute approximate surface area is 217 Å². The Bertz CT molecular complexity index is 1110. The molecule has 0 N–H and O–H groups in total. The van der Waals surface area contributed by atoms with E-state index in [1.165, 1.54) is 11.1 Å². The fraction of sp³-hybridized carbons (Fsp3) is 0.529. The average Bonchev–Trinajstić information content (AvgIpc) is 3.27. The Balaban J connectivity index is 1.87. The molecule has 2 aliphatic rings. The van der Waals surface area contributed by atoms with Gasteiger partial charge in [0.1, 0.15) is 0 Å². The van der Waals surface area contributed by atoms with Gasteiger partial charge in [-0.1, -0.05) is 116 Å². The molecule has 188 valence electrons. The zero-order chi connectivity index (χ0) is 26.0. The Morgan fingerprint density at radius 1 is 0.543 bits per heavy atom. The standard InChI is InChI=1S/C34H48Si/c1-19(2)25-13-15-27-29(31(25)21(5)6)17-23(9)33(27)35(11,12)34-24(10)18-30-28(34)16-14-26(20(3)4)32(30)22(7)8/h13-22,33-34H,1-12H3. The van der Waals surface area contributed by atoms with Crippen molar-refractivity contribution in [1.82, 2.24) is 0 Å². The highest BCUT2D eigenvalue weighted by molar-refractivity contribution is 6.81. The van der Waals surface area contributed by atoms with Crippen molar-refractivity contribution in [3.63, 3.8) is 0 Å². The van der Waals surface area contributed by atoms with Crippen LogP contribution < -0.4 is 0 Å². The molecule has 0 nitrogen and oxygen atoms in total. The molecule has 2 unspecified atom stereocenters. The predicted octanol–water partition coefficient (Wildman–Crippen LogP) is 10.7. The van der Waals surface area contributed by atoms with Gasteiger partial charge in [-0.05, 0) is 82.0 Å². The van der Waals surface area contributed by atoms with Gasteiger partial charge in [-0.2, -0.15) is 0 Å². The first-order chi connectivity index (χ1) is 16.3. The first-order valence-electron chi connectivity index (χ1n) is 14.0. The highest BCUT2D eigenvalue weighted by Gasteiger charge is 2.47. The zero-order valence-electron chi connectivity index (χ0n) is 24.4. The van der Waals surface area contributed by atoms with Gasteiger partial charge in [0.05, 0.1) is 8.07 Å². The highest BCUT2D eigenvalue weighted by Crippen LogP contribution is 2.54. The molecule has 35 heavy (non-hydrogen) atoms. The molecule has 1 heteroatoms. The summed E-state index contributed by atoms with van der Waals surface area (Å²) in [7, 11) is -1.81. The molecule has 0 radical (unpaired) electrons. The van der Waals surface area contributed by atoms with Crippen LogP contribution >= 0.6 is 0 Å². The maximum atomic E-state index is 2.66. The average molecular weight is 485 g/mol. The fourth-order valence-electron chi connectivity index (χ4n) is 7.72. The van der Waals surface area contributed by atoms with Crippen LogP contribution in [0.4, 0.5) is 0 Å². The summed E-state index contributed by atoms with van der Waals surface area (Å²) in [5.74, 6) is 2.22. The van der Waals surface area contributed by atoms with Crippen molar-refractivity contribution < 1.29 is 0 Å². The number of allylic oxidation sites excluding steroid dienone is 2. The number of fused-ring (bicyclic) bond motifs is 2. The van der Waals surface area contributed by atoms with Crippen LogP contribution in [0.15, 0.2) is 35.4 Å². The molecule has 0 saturated heterocycles. The van der Waals surface area contributed by atoms with Gasteiger partial charge in [-0.25, -0.2) is 0 Å². The van der Waals surface area contributed by atoms with Crippen LogP contribution in [0.5, 0.6) is 0 Å². The second-order valence-electron chi connectivity index (χ2n) is 13.2. The highest BCUT2D eigenvalue weighted by atomic mass is 28.3. The molecule has 0 aromatic heterocycles. The van der Waals surface area contributed by atoms with Crippen LogP contribution in [0.25, 0.3) is 12.2 Å². The van der Waals surface area contributed by atoms with Gasteiger partial charge in [-0.15, -0.1) is 0 Å². The second-order valence-corrected chi connectivity index (χ2v) is 18.0. The van der Waals surface area contributed by atoms with E-state index >= 15 is 0 Å². The van der Waals surface area contributed by atoms with E-state index in [9.17, 15) is 0 Å². The maximum Gasteiger partial charge on any atom is 0.0722 e. The lowest BCUT2D eigenvalue weighted by molar-refractivity contribution is 0.784. The van der Waals surface area contributed by atoms with Crippen LogP contribution in [0.1, 0.15) is 148 Å². The normalized spacial score (nSPS) is 19.7. The first kappa shape index (κ1) is 26.2. The molecule has 2 aliphatic carbocycles. The quantitative estimate of drug-likeness (QED) is 0.358. The van der Waals surface area contributed by atoms with Gasteiger partial charge in [-0.3, -0.25) is 0 Å². The third-order valence-electron chi connectivity index (χ3n) is 8.87. The third-order valence-corrected chi connectivity index (χ3v) is 13.4. The molecule has 0 aliphatic heterocycles. The largest absolute Gasteiger partial charge is 0.0722 e. The summed E-state index contributed by atoms with van der Waals surface area (Å²) in [4.78, 5) is 0. The van der Waals surface area contributed by atoms with Gasteiger partial charge in [0.15, 0.2) is 0 Å². The van der Waals surface area contributed by atoms with Gasteiger partial charge in [0.2, 0.25) is 0 Å². The maximum absolute atomic E-state index is 2.66. The minimum Gasteiger partial charge on any atom is -0.0679 e. The fourth-order valence-corrected chi connectivity index (χ4v) is 12.7. The Kier molecular flexibility index (Phi) is 6.90. The molecule has 4 rings (SSSR count). The van der Waals surface area contributed by atoms with Crippen molar-refractivity contribution in [2.75, 3.05) is 0 Å². The van der Waals surface area contributed by atoms with Crippen LogP contribution in [-0.2, 0) is 0 Å². The summed E-state index contributed by atoms with van der Waals surface area (Å²) in [5.41, 5.74) is 16.9. The van der Waals surface area contributed by atoms with Crippen LogP contribution in [0, 0.1) is 0 Å². The van der Waals surface area contributed by atoms with E-state index in [1.54, 1.807) is 44.5 Å². The van der Waals surface area contributed by atoms with Crippen molar-refractivity contribution in [1.29, 1.82) is 0 Å². The molecule has 0 saturated carbocycles. The van der Waals surface area contributed by atoms with Crippen molar-refractivity contribution in [3.8, 4) is 0 Å². The van der Waals surface area contributed by atoms with E-state index in [1.807, 2.05) is 0 Å². The number of benzene rings is 2. The Hall–Kier alpha value is -1.86. The van der Waals surface area contributed by atoms with Crippen molar-refractivity contribution in [2.45, 2.75) is 117 Å². The van der Waals surface area contributed by atoms with Crippen LogP contribution in [0.2, 0.25) is 13.1 Å². The minimum absolute atomic E-state index is 0.548.